The van der Waals surface area contributed by atoms with Crippen LogP contribution in [-0.2, 0) is 0 Å². The summed E-state index contributed by atoms with van der Waals surface area (Å²) in [5.74, 6) is 1.26. The van der Waals surface area contributed by atoms with E-state index in [4.69, 9.17) is 9.47 Å². The second-order valence-corrected chi connectivity index (χ2v) is 6.06. The van der Waals surface area contributed by atoms with Crippen molar-refractivity contribution in [2.75, 3.05) is 0 Å². The Balaban J connectivity index is 2.95. The highest BCUT2D eigenvalue weighted by atomic mass is 16.5. The first-order valence-corrected chi connectivity index (χ1v) is 5.78. The highest BCUT2D eigenvalue weighted by Crippen LogP contribution is 2.34. The van der Waals surface area contributed by atoms with Gasteiger partial charge in [-0.05, 0) is 53.7 Å². The average Bonchev–Trinajstić information content (AvgIpc) is 2.05. The fourth-order valence-corrected chi connectivity index (χ4v) is 1.32. The third-order valence-corrected chi connectivity index (χ3v) is 1.77. The van der Waals surface area contributed by atoms with Crippen molar-refractivity contribution in [3.63, 3.8) is 0 Å². The molecule has 3 heteroatoms. The van der Waals surface area contributed by atoms with Gasteiger partial charge in [-0.1, -0.05) is 0 Å². The molecule has 1 aromatic rings. The van der Waals surface area contributed by atoms with Gasteiger partial charge in [0.2, 0.25) is 0 Å². The van der Waals surface area contributed by atoms with Gasteiger partial charge in [0.05, 0.1) is 0 Å². The molecule has 0 fully saturated rings. The molecule has 0 unspecified atom stereocenters. The van der Waals surface area contributed by atoms with Gasteiger partial charge in [-0.2, -0.15) is 0 Å². The number of phenolic OH excluding ortho intramolecular Hbond substituents is 1. The van der Waals surface area contributed by atoms with Crippen LogP contribution in [0.1, 0.15) is 41.5 Å². The van der Waals surface area contributed by atoms with E-state index in [-0.39, 0.29) is 17.0 Å². The minimum Gasteiger partial charge on any atom is -0.504 e. The van der Waals surface area contributed by atoms with E-state index in [2.05, 4.69) is 0 Å². The van der Waals surface area contributed by atoms with E-state index < -0.39 is 0 Å². The van der Waals surface area contributed by atoms with Gasteiger partial charge in [0.1, 0.15) is 17.0 Å². The molecular formula is C14H22O3. The molecule has 17 heavy (non-hydrogen) atoms. The largest absolute Gasteiger partial charge is 0.504 e. The molecule has 0 saturated carbocycles. The van der Waals surface area contributed by atoms with Crippen molar-refractivity contribution >= 4 is 0 Å². The number of hydrogen-bond acceptors (Lipinski definition) is 3. The maximum Gasteiger partial charge on any atom is 0.165 e. The van der Waals surface area contributed by atoms with Crippen LogP contribution in [0.5, 0.6) is 17.2 Å². The van der Waals surface area contributed by atoms with Gasteiger partial charge >= 0.3 is 0 Å². The summed E-state index contributed by atoms with van der Waals surface area (Å²) in [6, 6.07) is 5.03. The van der Waals surface area contributed by atoms with Crippen LogP contribution >= 0.6 is 0 Å². The summed E-state index contributed by atoms with van der Waals surface area (Å²) in [7, 11) is 0. The molecule has 0 heterocycles. The van der Waals surface area contributed by atoms with Gasteiger partial charge in [-0.15, -0.1) is 0 Å². The first kappa shape index (κ1) is 13.7. The third-order valence-electron chi connectivity index (χ3n) is 1.77. The first-order chi connectivity index (χ1) is 7.57. The number of phenols is 1. The van der Waals surface area contributed by atoms with Crippen molar-refractivity contribution in [2.24, 2.45) is 0 Å². The number of aromatic hydroxyl groups is 1. The van der Waals surface area contributed by atoms with Crippen LogP contribution in [0.3, 0.4) is 0 Å². The molecule has 1 N–H and O–H groups in total. The molecule has 1 aromatic carbocycles. The SMILES string of the molecule is CC(C)(C)Oc1ccc(O)c(OC(C)(C)C)c1. The fraction of sp³-hybridized carbons (Fsp3) is 0.571. The van der Waals surface area contributed by atoms with E-state index in [1.165, 1.54) is 0 Å². The molecule has 1 rings (SSSR count). The fourth-order valence-electron chi connectivity index (χ4n) is 1.32. The van der Waals surface area contributed by atoms with Gasteiger partial charge in [0.25, 0.3) is 0 Å². The van der Waals surface area contributed by atoms with Crippen molar-refractivity contribution in [1.29, 1.82) is 0 Å². The Kier molecular flexibility index (Phi) is 3.60. The van der Waals surface area contributed by atoms with E-state index >= 15 is 0 Å². The second kappa shape index (κ2) is 4.47. The number of ether oxygens (including phenoxy) is 2. The number of hydrogen-bond donors (Lipinski definition) is 1. The van der Waals surface area contributed by atoms with Crippen molar-refractivity contribution in [3.8, 4) is 17.2 Å². The van der Waals surface area contributed by atoms with Crippen molar-refractivity contribution in [3.05, 3.63) is 18.2 Å². The van der Waals surface area contributed by atoms with Gasteiger partial charge in [-0.3, -0.25) is 0 Å². The highest BCUT2D eigenvalue weighted by molar-refractivity contribution is 5.45. The van der Waals surface area contributed by atoms with Crippen LogP contribution in [0.4, 0.5) is 0 Å². The molecule has 3 nitrogen and oxygen atoms in total. The molecule has 0 aliphatic carbocycles. The smallest absolute Gasteiger partial charge is 0.165 e. The van der Waals surface area contributed by atoms with Gasteiger partial charge < -0.3 is 14.6 Å². The van der Waals surface area contributed by atoms with Gasteiger partial charge in [-0.25, -0.2) is 0 Å². The molecule has 0 amide bonds. The zero-order valence-corrected chi connectivity index (χ0v) is 11.5. The van der Waals surface area contributed by atoms with Crippen LogP contribution in [0.25, 0.3) is 0 Å². The third kappa shape index (κ3) is 4.98. The monoisotopic (exact) mass is 238 g/mol. The summed E-state index contributed by atoms with van der Waals surface area (Å²) < 4.78 is 11.4. The normalized spacial score (nSPS) is 12.4. The van der Waals surface area contributed by atoms with E-state index in [1.54, 1.807) is 18.2 Å². The number of rotatable bonds is 2. The lowest BCUT2D eigenvalue weighted by Gasteiger charge is -2.24. The summed E-state index contributed by atoms with van der Waals surface area (Å²) >= 11 is 0. The van der Waals surface area contributed by atoms with Gasteiger partial charge in [0, 0.05) is 6.07 Å². The predicted octanol–water partition coefficient (Wildman–Crippen LogP) is 3.75. The average molecular weight is 238 g/mol. The summed E-state index contributed by atoms with van der Waals surface area (Å²) in [6.45, 7) is 11.7. The van der Waals surface area contributed by atoms with Gasteiger partial charge in [0.15, 0.2) is 11.5 Å². The predicted molar refractivity (Wildman–Crippen MR) is 68.9 cm³/mol. The molecule has 0 atom stereocenters. The second-order valence-electron chi connectivity index (χ2n) is 6.06. The molecule has 0 aromatic heterocycles. The summed E-state index contributed by atoms with van der Waals surface area (Å²) in [4.78, 5) is 0. The van der Waals surface area contributed by atoms with E-state index in [0.717, 1.165) is 0 Å². The summed E-state index contributed by atoms with van der Waals surface area (Å²) in [5.41, 5.74) is -0.617. The van der Waals surface area contributed by atoms with E-state index in [1.807, 2.05) is 41.5 Å². The topological polar surface area (TPSA) is 38.7 Å². The quantitative estimate of drug-likeness (QED) is 0.852. The van der Waals surface area contributed by atoms with Crippen LogP contribution < -0.4 is 9.47 Å². The maximum atomic E-state index is 9.72. The maximum absolute atomic E-state index is 9.72. The van der Waals surface area contributed by atoms with Crippen molar-refractivity contribution < 1.29 is 14.6 Å². The Morgan fingerprint density at radius 1 is 0.882 bits per heavy atom. The van der Waals surface area contributed by atoms with Crippen LogP contribution in [0.2, 0.25) is 0 Å². The Morgan fingerprint density at radius 3 is 1.88 bits per heavy atom. The Labute approximate surface area is 103 Å². The number of benzene rings is 1. The molecule has 0 spiro atoms. The van der Waals surface area contributed by atoms with E-state index in [9.17, 15) is 5.11 Å². The van der Waals surface area contributed by atoms with Crippen LogP contribution in [0, 0.1) is 0 Å². The summed E-state index contributed by atoms with van der Waals surface area (Å²) in [5, 5.41) is 9.72. The first-order valence-electron chi connectivity index (χ1n) is 5.78. The van der Waals surface area contributed by atoms with Crippen molar-refractivity contribution in [1.82, 2.24) is 0 Å². The van der Waals surface area contributed by atoms with Crippen LogP contribution in [-0.4, -0.2) is 16.3 Å². The molecule has 0 bridgehead atoms. The lowest BCUT2D eigenvalue weighted by Crippen LogP contribution is -2.24. The highest BCUT2D eigenvalue weighted by Gasteiger charge is 2.17. The molecule has 0 aliphatic heterocycles. The molecule has 0 radical (unpaired) electrons. The minimum atomic E-state index is -0.349. The zero-order chi connectivity index (χ0) is 13.3. The lowest BCUT2D eigenvalue weighted by atomic mass is 10.1. The summed E-state index contributed by atoms with van der Waals surface area (Å²) in [6.07, 6.45) is 0. The van der Waals surface area contributed by atoms with Crippen LogP contribution in [0.15, 0.2) is 18.2 Å². The Hall–Kier alpha value is -1.38. The molecule has 0 saturated heterocycles. The van der Waals surface area contributed by atoms with E-state index in [0.29, 0.717) is 11.5 Å². The molecule has 0 aliphatic rings. The molecule has 96 valence electrons. The zero-order valence-electron chi connectivity index (χ0n) is 11.5. The molecular weight excluding hydrogens is 216 g/mol. The lowest BCUT2D eigenvalue weighted by molar-refractivity contribution is 0.118. The standard InChI is InChI=1S/C14H22O3/c1-13(2,3)16-10-7-8-11(15)12(9-10)17-14(4,5)6/h7-9,15H,1-6H3. The Morgan fingerprint density at radius 2 is 1.41 bits per heavy atom. The van der Waals surface area contributed by atoms with Crippen molar-refractivity contribution in [2.45, 2.75) is 52.7 Å². The minimum absolute atomic E-state index is 0.126. The Bertz CT molecular complexity index is 383.